The first kappa shape index (κ1) is 15.0. The molecule has 6 nitrogen and oxygen atoms in total. The first-order valence-electron chi connectivity index (χ1n) is 7.73. The fourth-order valence-corrected chi connectivity index (χ4v) is 3.76. The molecule has 0 bridgehead atoms. The van der Waals surface area contributed by atoms with Gasteiger partial charge in [-0.2, -0.15) is 14.6 Å². The van der Waals surface area contributed by atoms with Crippen molar-refractivity contribution < 1.29 is 4.74 Å². The van der Waals surface area contributed by atoms with Crippen molar-refractivity contribution in [2.24, 2.45) is 0 Å². The standard InChI is InChI=1S/C17H17N5OS/c1-23-9-13-8-16(22-17(21-13)19-11-20-22)18-7-6-12-10-24-15-5-3-2-4-14(12)15/h2-5,8,10-11,18H,6-7,9H2,1H3. The second kappa shape index (κ2) is 6.54. The van der Waals surface area contributed by atoms with Gasteiger partial charge in [0.25, 0.3) is 5.78 Å². The number of nitrogens with one attached hydrogen (secondary N) is 1. The van der Waals surface area contributed by atoms with Crippen LogP contribution in [0.25, 0.3) is 15.9 Å². The van der Waals surface area contributed by atoms with E-state index in [9.17, 15) is 0 Å². The van der Waals surface area contributed by atoms with E-state index in [1.54, 1.807) is 23.0 Å². The van der Waals surface area contributed by atoms with Gasteiger partial charge in [-0.1, -0.05) is 18.2 Å². The predicted molar refractivity (Wildman–Crippen MR) is 95.5 cm³/mol. The van der Waals surface area contributed by atoms with Gasteiger partial charge in [0.2, 0.25) is 0 Å². The Morgan fingerprint density at radius 1 is 1.29 bits per heavy atom. The Kier molecular flexibility index (Phi) is 4.10. The van der Waals surface area contributed by atoms with Crippen molar-refractivity contribution in [3.8, 4) is 0 Å². The predicted octanol–water partition coefficient (Wildman–Crippen LogP) is 3.14. The van der Waals surface area contributed by atoms with Crippen LogP contribution in [0.5, 0.6) is 0 Å². The lowest BCUT2D eigenvalue weighted by molar-refractivity contribution is 0.181. The van der Waals surface area contributed by atoms with Crippen LogP contribution < -0.4 is 5.32 Å². The molecule has 0 radical (unpaired) electrons. The van der Waals surface area contributed by atoms with E-state index >= 15 is 0 Å². The molecule has 0 unspecified atom stereocenters. The number of anilines is 1. The molecule has 3 heterocycles. The van der Waals surface area contributed by atoms with Crippen LogP contribution in [0, 0.1) is 0 Å². The molecule has 1 N–H and O–H groups in total. The van der Waals surface area contributed by atoms with Gasteiger partial charge in [0.15, 0.2) is 0 Å². The molecule has 0 saturated carbocycles. The molecule has 0 saturated heterocycles. The van der Waals surface area contributed by atoms with Gasteiger partial charge in [-0.15, -0.1) is 11.3 Å². The summed E-state index contributed by atoms with van der Waals surface area (Å²) in [5.74, 6) is 1.46. The highest BCUT2D eigenvalue weighted by Gasteiger charge is 2.08. The van der Waals surface area contributed by atoms with Crippen molar-refractivity contribution in [2.45, 2.75) is 13.0 Å². The largest absolute Gasteiger partial charge is 0.378 e. The first-order chi connectivity index (χ1) is 11.8. The number of hydrogen-bond acceptors (Lipinski definition) is 6. The Labute approximate surface area is 143 Å². The van der Waals surface area contributed by atoms with Crippen molar-refractivity contribution in [3.63, 3.8) is 0 Å². The zero-order chi connectivity index (χ0) is 16.4. The lowest BCUT2D eigenvalue weighted by Crippen LogP contribution is -2.11. The molecule has 0 fully saturated rings. The molecule has 0 atom stereocenters. The third-order valence-corrected chi connectivity index (χ3v) is 4.87. The maximum Gasteiger partial charge on any atom is 0.254 e. The number of rotatable bonds is 6. The molecule has 0 aliphatic rings. The highest BCUT2D eigenvalue weighted by Crippen LogP contribution is 2.26. The summed E-state index contributed by atoms with van der Waals surface area (Å²) < 4.78 is 8.22. The number of hydrogen-bond donors (Lipinski definition) is 1. The number of ether oxygens (including phenoxy) is 1. The minimum Gasteiger partial charge on any atom is -0.378 e. The van der Waals surface area contributed by atoms with Gasteiger partial charge in [-0.25, -0.2) is 4.98 Å². The minimum absolute atomic E-state index is 0.452. The van der Waals surface area contributed by atoms with Gasteiger partial charge in [-0.05, 0) is 28.8 Å². The third-order valence-electron chi connectivity index (χ3n) is 3.86. The number of fused-ring (bicyclic) bond motifs is 2. The van der Waals surface area contributed by atoms with Gasteiger partial charge in [0.1, 0.15) is 12.1 Å². The average Bonchev–Trinajstić information content (AvgIpc) is 3.22. The highest BCUT2D eigenvalue weighted by molar-refractivity contribution is 7.17. The topological polar surface area (TPSA) is 64.3 Å². The van der Waals surface area contributed by atoms with Crippen LogP contribution in [0.1, 0.15) is 11.3 Å². The Morgan fingerprint density at radius 3 is 3.12 bits per heavy atom. The Hall–Kier alpha value is -2.51. The van der Waals surface area contributed by atoms with Crippen LogP contribution in [-0.4, -0.2) is 33.2 Å². The molecule has 0 amide bonds. The Balaban J connectivity index is 1.53. The number of aromatic nitrogens is 4. The zero-order valence-electron chi connectivity index (χ0n) is 13.3. The van der Waals surface area contributed by atoms with E-state index in [-0.39, 0.29) is 0 Å². The summed E-state index contributed by atoms with van der Waals surface area (Å²) in [6.07, 6.45) is 2.46. The summed E-state index contributed by atoms with van der Waals surface area (Å²) in [5, 5.41) is 11.2. The molecule has 3 aromatic heterocycles. The van der Waals surface area contributed by atoms with Gasteiger partial charge in [0, 0.05) is 24.4 Å². The quantitative estimate of drug-likeness (QED) is 0.585. The number of nitrogens with zero attached hydrogens (tertiary/aromatic N) is 4. The van der Waals surface area contributed by atoms with Crippen molar-refractivity contribution in [1.82, 2.24) is 19.6 Å². The normalized spacial score (nSPS) is 11.4. The second-order valence-electron chi connectivity index (χ2n) is 5.47. The van der Waals surface area contributed by atoms with Crippen LogP contribution in [0.4, 0.5) is 5.82 Å². The van der Waals surface area contributed by atoms with Crippen molar-refractivity contribution in [1.29, 1.82) is 0 Å². The van der Waals surface area contributed by atoms with E-state index in [1.807, 2.05) is 6.07 Å². The van der Waals surface area contributed by atoms with Crippen LogP contribution >= 0.6 is 11.3 Å². The minimum atomic E-state index is 0.452. The zero-order valence-corrected chi connectivity index (χ0v) is 14.1. The smallest absolute Gasteiger partial charge is 0.254 e. The lowest BCUT2D eigenvalue weighted by atomic mass is 10.1. The molecule has 1 aromatic carbocycles. The summed E-state index contributed by atoms with van der Waals surface area (Å²) in [5.41, 5.74) is 2.20. The number of thiophene rings is 1. The van der Waals surface area contributed by atoms with E-state index in [0.717, 1.165) is 24.5 Å². The summed E-state index contributed by atoms with van der Waals surface area (Å²) in [7, 11) is 1.66. The summed E-state index contributed by atoms with van der Waals surface area (Å²) in [6.45, 7) is 1.26. The van der Waals surface area contributed by atoms with Crippen molar-refractivity contribution in [3.05, 3.63) is 53.3 Å². The third kappa shape index (κ3) is 2.83. The van der Waals surface area contributed by atoms with Gasteiger partial charge in [-0.3, -0.25) is 0 Å². The van der Waals surface area contributed by atoms with E-state index < -0.39 is 0 Å². The van der Waals surface area contributed by atoms with E-state index in [2.05, 4.69) is 50.0 Å². The van der Waals surface area contributed by atoms with Gasteiger partial charge < -0.3 is 10.1 Å². The maximum atomic E-state index is 5.17. The average molecular weight is 339 g/mol. The van der Waals surface area contributed by atoms with E-state index in [0.29, 0.717) is 12.4 Å². The fraction of sp³-hybridized carbons (Fsp3) is 0.235. The highest BCUT2D eigenvalue weighted by atomic mass is 32.1. The number of benzene rings is 1. The van der Waals surface area contributed by atoms with E-state index in [1.165, 1.54) is 22.0 Å². The van der Waals surface area contributed by atoms with E-state index in [4.69, 9.17) is 4.74 Å². The first-order valence-corrected chi connectivity index (χ1v) is 8.60. The molecular weight excluding hydrogens is 322 g/mol. The molecule has 0 aliphatic heterocycles. The number of methoxy groups -OCH3 is 1. The Morgan fingerprint density at radius 2 is 2.21 bits per heavy atom. The molecular formula is C17H17N5OS. The lowest BCUT2D eigenvalue weighted by Gasteiger charge is -2.09. The molecule has 0 aliphatic carbocycles. The van der Waals surface area contributed by atoms with Gasteiger partial charge >= 0.3 is 0 Å². The molecule has 0 spiro atoms. The molecule has 4 rings (SSSR count). The van der Waals surface area contributed by atoms with Gasteiger partial charge in [0.05, 0.1) is 12.3 Å². The summed E-state index contributed by atoms with van der Waals surface area (Å²) >= 11 is 1.79. The van der Waals surface area contributed by atoms with Crippen LogP contribution in [0.3, 0.4) is 0 Å². The monoisotopic (exact) mass is 339 g/mol. The van der Waals surface area contributed by atoms with Crippen LogP contribution in [0.15, 0.2) is 42.0 Å². The molecule has 4 aromatic rings. The van der Waals surface area contributed by atoms with Crippen molar-refractivity contribution >= 4 is 33.0 Å². The Bertz CT molecular complexity index is 977. The SMILES string of the molecule is COCc1cc(NCCc2csc3ccccc23)n2ncnc2n1. The van der Waals surface area contributed by atoms with Crippen LogP contribution in [0.2, 0.25) is 0 Å². The summed E-state index contributed by atoms with van der Waals surface area (Å²) in [6, 6.07) is 10.5. The molecule has 24 heavy (non-hydrogen) atoms. The molecule has 122 valence electrons. The van der Waals surface area contributed by atoms with Crippen LogP contribution in [-0.2, 0) is 17.8 Å². The maximum absolute atomic E-state index is 5.17. The fourth-order valence-electron chi connectivity index (χ4n) is 2.76. The van der Waals surface area contributed by atoms with Crippen molar-refractivity contribution in [2.75, 3.05) is 19.0 Å². The summed E-state index contributed by atoms with van der Waals surface area (Å²) in [4.78, 5) is 8.58. The second-order valence-corrected chi connectivity index (χ2v) is 6.38. The molecule has 7 heteroatoms.